The number of anilines is 1. The molecule has 4 nitrogen and oxygen atoms in total. The van der Waals surface area contributed by atoms with Gasteiger partial charge in [-0.3, -0.25) is 4.79 Å². The number of halogens is 1. The molecule has 3 aromatic rings. The number of benzene rings is 2. The first-order valence-corrected chi connectivity index (χ1v) is 11.5. The molecule has 0 bridgehead atoms. The van der Waals surface area contributed by atoms with Crippen molar-refractivity contribution in [3.05, 3.63) is 64.7 Å². The highest BCUT2D eigenvalue weighted by atomic mass is 35.5. The van der Waals surface area contributed by atoms with Gasteiger partial charge in [-0.25, -0.2) is 0 Å². The Morgan fingerprint density at radius 1 is 1.00 bits per heavy atom. The van der Waals surface area contributed by atoms with Crippen LogP contribution >= 0.6 is 46.5 Å². The number of hydrogen-bond donors (Lipinski definition) is 1. The quantitative estimate of drug-likeness (QED) is 0.454. The molecule has 3 rings (SSSR count). The van der Waals surface area contributed by atoms with E-state index in [0.29, 0.717) is 5.75 Å². The number of rotatable bonds is 8. The van der Waals surface area contributed by atoms with Crippen molar-refractivity contribution in [1.29, 1.82) is 0 Å². The van der Waals surface area contributed by atoms with Gasteiger partial charge in [0, 0.05) is 16.5 Å². The Balaban J connectivity index is 1.44. The van der Waals surface area contributed by atoms with Crippen LogP contribution in [0.4, 0.5) is 5.69 Å². The Labute approximate surface area is 176 Å². The largest absolute Gasteiger partial charge is 0.325 e. The van der Waals surface area contributed by atoms with Gasteiger partial charge in [-0.1, -0.05) is 77.7 Å². The summed E-state index contributed by atoms with van der Waals surface area (Å²) in [5.41, 5.74) is 3.25. The molecular weight excluding hydrogens is 418 g/mol. The van der Waals surface area contributed by atoms with Crippen LogP contribution in [0.25, 0.3) is 0 Å². The van der Waals surface area contributed by atoms with Gasteiger partial charge in [-0.05, 0) is 41.8 Å². The van der Waals surface area contributed by atoms with Crippen LogP contribution in [-0.2, 0) is 17.0 Å². The van der Waals surface area contributed by atoms with Crippen LogP contribution in [-0.4, -0.2) is 21.9 Å². The van der Waals surface area contributed by atoms with E-state index in [9.17, 15) is 4.79 Å². The van der Waals surface area contributed by atoms with Crippen LogP contribution in [0.15, 0.2) is 57.2 Å². The maximum atomic E-state index is 12.1. The molecule has 0 aliphatic heterocycles. The summed E-state index contributed by atoms with van der Waals surface area (Å²) in [7, 11) is 0. The van der Waals surface area contributed by atoms with E-state index in [1.807, 2.05) is 48.5 Å². The maximum absolute atomic E-state index is 12.1. The summed E-state index contributed by atoms with van der Waals surface area (Å²) < 4.78 is 1.69. The number of aryl methyl sites for hydroxylation is 1. The van der Waals surface area contributed by atoms with Crippen molar-refractivity contribution in [3.63, 3.8) is 0 Å². The van der Waals surface area contributed by atoms with E-state index in [1.54, 1.807) is 11.8 Å². The van der Waals surface area contributed by atoms with Crippen LogP contribution in [0.3, 0.4) is 0 Å². The van der Waals surface area contributed by atoms with Gasteiger partial charge in [0.1, 0.15) is 0 Å². The minimum absolute atomic E-state index is 0.0465. The Hall–Kier alpha value is -1.54. The zero-order chi connectivity index (χ0) is 19.1. The predicted octanol–water partition coefficient (Wildman–Crippen LogP) is 5.78. The summed E-state index contributed by atoms with van der Waals surface area (Å²) in [5.74, 6) is 1.08. The molecule has 0 saturated carbocycles. The van der Waals surface area contributed by atoms with Crippen LogP contribution in [0.2, 0.25) is 5.02 Å². The van der Waals surface area contributed by atoms with Crippen LogP contribution < -0.4 is 5.32 Å². The second-order valence-corrected chi connectivity index (χ2v) is 9.50. The summed E-state index contributed by atoms with van der Waals surface area (Å²) in [5, 5.41) is 12.0. The molecule has 1 aromatic heterocycles. The molecule has 8 heteroatoms. The number of hydrogen-bond acceptors (Lipinski definition) is 6. The minimum Gasteiger partial charge on any atom is -0.325 e. The van der Waals surface area contributed by atoms with E-state index in [4.69, 9.17) is 11.6 Å². The molecule has 2 aromatic carbocycles. The van der Waals surface area contributed by atoms with Gasteiger partial charge in [0.15, 0.2) is 8.68 Å². The molecule has 0 spiro atoms. The fourth-order valence-corrected chi connectivity index (χ4v) is 5.09. The monoisotopic (exact) mass is 435 g/mol. The van der Waals surface area contributed by atoms with E-state index in [0.717, 1.165) is 31.6 Å². The highest BCUT2D eigenvalue weighted by Crippen LogP contribution is 2.31. The van der Waals surface area contributed by atoms with E-state index >= 15 is 0 Å². The van der Waals surface area contributed by atoms with Gasteiger partial charge in [0.05, 0.1) is 5.75 Å². The Kier molecular flexibility index (Phi) is 7.58. The van der Waals surface area contributed by atoms with E-state index < -0.39 is 0 Å². The van der Waals surface area contributed by atoms with Crippen LogP contribution in [0, 0.1) is 0 Å². The first-order valence-electron chi connectivity index (χ1n) is 8.34. The lowest BCUT2D eigenvalue weighted by molar-refractivity contribution is -0.113. The van der Waals surface area contributed by atoms with Gasteiger partial charge in [-0.2, -0.15) is 0 Å². The molecule has 1 N–H and O–H groups in total. The van der Waals surface area contributed by atoms with Gasteiger partial charge >= 0.3 is 0 Å². The second-order valence-electron chi connectivity index (χ2n) is 5.64. The van der Waals surface area contributed by atoms with E-state index in [-0.39, 0.29) is 5.91 Å². The summed E-state index contributed by atoms with van der Waals surface area (Å²) >= 11 is 10.4. The van der Waals surface area contributed by atoms with Crippen molar-refractivity contribution in [2.24, 2.45) is 0 Å². The number of carbonyl (C=O) groups excluding carboxylic acids is 1. The third-order valence-corrected chi connectivity index (χ3v) is 7.15. The Bertz CT molecular complexity index is 882. The Morgan fingerprint density at radius 3 is 2.30 bits per heavy atom. The maximum Gasteiger partial charge on any atom is 0.234 e. The lowest BCUT2D eigenvalue weighted by atomic mass is 10.1. The van der Waals surface area contributed by atoms with Gasteiger partial charge in [-0.15, -0.1) is 10.2 Å². The third-order valence-electron chi connectivity index (χ3n) is 3.64. The standard InChI is InChI=1S/C19H18ClN3OS3/c1-2-13-5-9-16(10-6-13)21-17(24)12-26-19-23-22-18(27-19)25-11-14-3-7-15(20)8-4-14/h3-10H,2,11-12H2,1H3,(H,21,24). The highest BCUT2D eigenvalue weighted by Gasteiger charge is 2.09. The molecule has 27 heavy (non-hydrogen) atoms. The van der Waals surface area contributed by atoms with Crippen molar-refractivity contribution in [1.82, 2.24) is 10.2 Å². The van der Waals surface area contributed by atoms with Gasteiger partial charge in [0.25, 0.3) is 0 Å². The summed E-state index contributed by atoms with van der Waals surface area (Å²) in [6, 6.07) is 15.7. The SMILES string of the molecule is CCc1ccc(NC(=O)CSc2nnc(SCc3ccc(Cl)cc3)s2)cc1. The minimum atomic E-state index is -0.0465. The second kappa shape index (κ2) is 10.1. The van der Waals surface area contributed by atoms with Gasteiger partial charge < -0.3 is 5.32 Å². The number of aromatic nitrogens is 2. The fourth-order valence-electron chi connectivity index (χ4n) is 2.19. The smallest absolute Gasteiger partial charge is 0.234 e. The number of amides is 1. The average molecular weight is 436 g/mol. The molecule has 0 radical (unpaired) electrons. The predicted molar refractivity (Wildman–Crippen MR) is 116 cm³/mol. The van der Waals surface area contributed by atoms with Crippen molar-refractivity contribution in [2.75, 3.05) is 11.1 Å². The lowest BCUT2D eigenvalue weighted by Crippen LogP contribution is -2.13. The van der Waals surface area contributed by atoms with Crippen molar-refractivity contribution in [2.45, 2.75) is 27.8 Å². The first-order chi connectivity index (χ1) is 13.1. The molecule has 140 valence electrons. The molecule has 0 aliphatic rings. The highest BCUT2D eigenvalue weighted by molar-refractivity contribution is 8.03. The molecule has 0 saturated heterocycles. The molecule has 1 heterocycles. The zero-order valence-corrected chi connectivity index (χ0v) is 17.9. The van der Waals surface area contributed by atoms with E-state index in [2.05, 4.69) is 22.4 Å². The summed E-state index contributed by atoms with van der Waals surface area (Å²) in [4.78, 5) is 12.1. The number of thioether (sulfide) groups is 2. The molecule has 0 unspecified atom stereocenters. The van der Waals surface area contributed by atoms with Crippen LogP contribution in [0.5, 0.6) is 0 Å². The normalized spacial score (nSPS) is 10.7. The first kappa shape index (κ1) is 20.2. The van der Waals surface area contributed by atoms with Crippen LogP contribution in [0.1, 0.15) is 18.1 Å². The van der Waals surface area contributed by atoms with E-state index in [1.165, 1.54) is 34.2 Å². The fraction of sp³-hybridized carbons (Fsp3) is 0.211. The number of nitrogens with one attached hydrogen (secondary N) is 1. The third kappa shape index (κ3) is 6.53. The molecule has 0 aliphatic carbocycles. The molecule has 0 atom stereocenters. The Morgan fingerprint density at radius 2 is 1.63 bits per heavy atom. The molecule has 0 fully saturated rings. The van der Waals surface area contributed by atoms with Crippen molar-refractivity contribution < 1.29 is 4.79 Å². The molecular formula is C19H18ClN3OS3. The van der Waals surface area contributed by atoms with Gasteiger partial charge in [0.2, 0.25) is 5.91 Å². The van der Waals surface area contributed by atoms with Crippen molar-refractivity contribution >= 4 is 58.1 Å². The average Bonchev–Trinajstić information content (AvgIpc) is 3.14. The zero-order valence-electron chi connectivity index (χ0n) is 14.6. The number of carbonyl (C=O) groups is 1. The molecule has 1 amide bonds. The lowest BCUT2D eigenvalue weighted by Gasteiger charge is -2.05. The number of nitrogens with zero attached hydrogens (tertiary/aromatic N) is 2. The summed E-state index contributed by atoms with van der Waals surface area (Å²) in [6.45, 7) is 2.11. The van der Waals surface area contributed by atoms with Crippen molar-refractivity contribution in [3.8, 4) is 0 Å². The topological polar surface area (TPSA) is 54.9 Å². The summed E-state index contributed by atoms with van der Waals surface area (Å²) in [6.07, 6.45) is 0.986.